The van der Waals surface area contributed by atoms with Crippen LogP contribution in [-0.4, -0.2) is 23.8 Å². The molecule has 0 fully saturated rings. The van der Waals surface area contributed by atoms with Crippen molar-refractivity contribution in [3.63, 3.8) is 0 Å². The standard InChI is InChI=1S/C7H18O2Si2/c1-5-7(8)9-10-6-11(2,3)4/h5-6,10H2,1-4H3. The summed E-state index contributed by atoms with van der Waals surface area (Å²) < 4.78 is 5.10. The Morgan fingerprint density at radius 2 is 2.00 bits per heavy atom. The van der Waals surface area contributed by atoms with E-state index < -0.39 is 17.8 Å². The van der Waals surface area contributed by atoms with E-state index in [4.69, 9.17) is 4.43 Å². The van der Waals surface area contributed by atoms with Crippen LogP contribution in [0.1, 0.15) is 13.3 Å². The third-order valence-corrected chi connectivity index (χ3v) is 8.75. The highest BCUT2D eigenvalue weighted by atomic mass is 28.4. The van der Waals surface area contributed by atoms with Crippen molar-refractivity contribution in [2.45, 2.75) is 38.7 Å². The average molecular weight is 190 g/mol. The van der Waals surface area contributed by atoms with Gasteiger partial charge < -0.3 is 4.43 Å². The molecule has 0 aliphatic carbocycles. The van der Waals surface area contributed by atoms with Crippen LogP contribution < -0.4 is 0 Å². The Labute approximate surface area is 72.3 Å². The molecule has 11 heavy (non-hydrogen) atoms. The molecule has 2 nitrogen and oxygen atoms in total. The van der Waals surface area contributed by atoms with Crippen LogP contribution in [0.15, 0.2) is 0 Å². The van der Waals surface area contributed by atoms with Gasteiger partial charge in [0.2, 0.25) is 9.76 Å². The lowest BCUT2D eigenvalue weighted by Crippen LogP contribution is -2.24. The van der Waals surface area contributed by atoms with E-state index in [-0.39, 0.29) is 5.97 Å². The molecule has 66 valence electrons. The molecule has 0 saturated heterocycles. The second-order valence-electron chi connectivity index (χ2n) is 3.88. The molecular formula is C7H18O2Si2. The van der Waals surface area contributed by atoms with Gasteiger partial charge in [-0.1, -0.05) is 26.6 Å². The van der Waals surface area contributed by atoms with E-state index in [9.17, 15) is 4.79 Å². The maximum absolute atomic E-state index is 10.7. The van der Waals surface area contributed by atoms with Crippen LogP contribution in [-0.2, 0) is 9.22 Å². The molecule has 0 aromatic carbocycles. The molecule has 0 amide bonds. The lowest BCUT2D eigenvalue weighted by molar-refractivity contribution is -0.133. The van der Waals surface area contributed by atoms with Gasteiger partial charge in [-0.15, -0.1) is 0 Å². The molecule has 0 atom stereocenters. The Morgan fingerprint density at radius 3 is 2.36 bits per heavy atom. The molecule has 0 N–H and O–H groups in total. The lowest BCUT2D eigenvalue weighted by Gasteiger charge is -2.14. The maximum Gasteiger partial charge on any atom is 0.291 e. The quantitative estimate of drug-likeness (QED) is 0.625. The minimum absolute atomic E-state index is 0.0186. The molecule has 0 aromatic rings. The molecule has 0 unspecified atom stereocenters. The molecule has 0 heterocycles. The van der Waals surface area contributed by atoms with Crippen molar-refractivity contribution in [2.24, 2.45) is 0 Å². The van der Waals surface area contributed by atoms with Crippen LogP contribution >= 0.6 is 0 Å². The highest BCUT2D eigenvalue weighted by molar-refractivity contribution is 6.82. The van der Waals surface area contributed by atoms with E-state index in [1.165, 1.54) is 5.67 Å². The van der Waals surface area contributed by atoms with Gasteiger partial charge in [-0.2, -0.15) is 0 Å². The predicted molar refractivity (Wildman–Crippen MR) is 53.1 cm³/mol. The van der Waals surface area contributed by atoms with Crippen molar-refractivity contribution in [1.29, 1.82) is 0 Å². The van der Waals surface area contributed by atoms with Crippen LogP contribution in [0, 0.1) is 0 Å². The Balaban J connectivity index is 3.35. The van der Waals surface area contributed by atoms with Crippen molar-refractivity contribution in [1.82, 2.24) is 0 Å². The second kappa shape index (κ2) is 4.72. The summed E-state index contributed by atoms with van der Waals surface area (Å²) in [5.74, 6) is -0.0186. The van der Waals surface area contributed by atoms with Crippen molar-refractivity contribution >= 4 is 23.8 Å². The molecule has 0 radical (unpaired) electrons. The van der Waals surface area contributed by atoms with Gasteiger partial charge in [0.05, 0.1) is 0 Å². The van der Waals surface area contributed by atoms with Crippen LogP contribution in [0.5, 0.6) is 0 Å². The lowest BCUT2D eigenvalue weighted by atomic mass is 10.5. The number of carbonyl (C=O) groups is 1. The molecule has 0 saturated carbocycles. The normalized spacial score (nSPS) is 12.4. The van der Waals surface area contributed by atoms with Gasteiger partial charge in [0.1, 0.15) is 0 Å². The topological polar surface area (TPSA) is 26.3 Å². The number of carbonyl (C=O) groups excluding carboxylic acids is 1. The first-order chi connectivity index (χ1) is 4.95. The van der Waals surface area contributed by atoms with E-state index in [1.54, 1.807) is 0 Å². The predicted octanol–water partition coefficient (Wildman–Crippen LogP) is 1.32. The van der Waals surface area contributed by atoms with E-state index in [2.05, 4.69) is 19.6 Å². The van der Waals surface area contributed by atoms with Crippen LogP contribution in [0.4, 0.5) is 0 Å². The van der Waals surface area contributed by atoms with E-state index in [1.807, 2.05) is 6.92 Å². The Morgan fingerprint density at radius 1 is 1.45 bits per heavy atom. The highest BCUT2D eigenvalue weighted by Gasteiger charge is 2.13. The van der Waals surface area contributed by atoms with E-state index in [0.29, 0.717) is 6.42 Å². The summed E-state index contributed by atoms with van der Waals surface area (Å²) in [6, 6.07) is 0. The van der Waals surface area contributed by atoms with E-state index >= 15 is 0 Å². The van der Waals surface area contributed by atoms with Crippen molar-refractivity contribution in [3.05, 3.63) is 0 Å². The Bertz CT molecular complexity index is 129. The smallest absolute Gasteiger partial charge is 0.291 e. The highest BCUT2D eigenvalue weighted by Crippen LogP contribution is 2.06. The third kappa shape index (κ3) is 7.80. The number of hydrogen-bond donors (Lipinski definition) is 0. The fraction of sp³-hybridized carbons (Fsp3) is 0.857. The SMILES string of the molecule is CCC(=O)O[SiH2]C[Si](C)(C)C. The molecule has 0 aliphatic heterocycles. The van der Waals surface area contributed by atoms with Crippen molar-refractivity contribution in [3.8, 4) is 0 Å². The fourth-order valence-corrected chi connectivity index (χ4v) is 3.86. The monoisotopic (exact) mass is 190 g/mol. The number of rotatable bonds is 4. The Kier molecular flexibility index (Phi) is 4.67. The van der Waals surface area contributed by atoms with Crippen molar-refractivity contribution in [2.75, 3.05) is 0 Å². The van der Waals surface area contributed by atoms with Gasteiger partial charge in [0.25, 0.3) is 5.97 Å². The van der Waals surface area contributed by atoms with Gasteiger partial charge in [0.15, 0.2) is 0 Å². The zero-order valence-electron chi connectivity index (χ0n) is 7.94. The first-order valence-electron chi connectivity index (χ1n) is 4.11. The zero-order chi connectivity index (χ0) is 8.91. The van der Waals surface area contributed by atoms with Crippen LogP contribution in [0.2, 0.25) is 25.3 Å². The first-order valence-corrected chi connectivity index (χ1v) is 9.40. The summed E-state index contributed by atoms with van der Waals surface area (Å²) >= 11 is 0. The zero-order valence-corrected chi connectivity index (χ0v) is 10.4. The van der Waals surface area contributed by atoms with Crippen LogP contribution in [0.3, 0.4) is 0 Å². The largest absolute Gasteiger partial charge is 0.525 e. The first kappa shape index (κ1) is 10.9. The summed E-state index contributed by atoms with van der Waals surface area (Å²) in [7, 11) is -1.49. The Hall–Kier alpha value is -0.0962. The second-order valence-corrected chi connectivity index (χ2v) is 11.7. The van der Waals surface area contributed by atoms with Gasteiger partial charge in [-0.05, 0) is 5.67 Å². The third-order valence-electron chi connectivity index (χ3n) is 1.40. The molecule has 0 rings (SSSR count). The fourth-order valence-electron chi connectivity index (χ4n) is 0.573. The van der Waals surface area contributed by atoms with Crippen LogP contribution in [0.25, 0.3) is 0 Å². The van der Waals surface area contributed by atoms with Crippen molar-refractivity contribution < 1.29 is 9.22 Å². The van der Waals surface area contributed by atoms with Gasteiger partial charge in [-0.3, -0.25) is 4.79 Å². The minimum Gasteiger partial charge on any atom is -0.525 e. The maximum atomic E-state index is 10.7. The molecule has 0 bridgehead atoms. The molecular weight excluding hydrogens is 172 g/mol. The summed E-state index contributed by atoms with van der Waals surface area (Å²) in [6.45, 7) is 8.75. The molecule has 4 heteroatoms. The average Bonchev–Trinajstić information content (AvgIpc) is 1.85. The van der Waals surface area contributed by atoms with Gasteiger partial charge >= 0.3 is 0 Å². The molecule has 0 aromatic heterocycles. The summed E-state index contributed by atoms with van der Waals surface area (Å²) in [5, 5.41) is 0. The molecule has 0 aliphatic rings. The van der Waals surface area contributed by atoms with Gasteiger partial charge in [-0.25, -0.2) is 0 Å². The van der Waals surface area contributed by atoms with E-state index in [0.717, 1.165) is 0 Å². The van der Waals surface area contributed by atoms with Gasteiger partial charge in [0, 0.05) is 14.5 Å². The summed E-state index contributed by atoms with van der Waals surface area (Å²) in [4.78, 5) is 10.7. The summed E-state index contributed by atoms with van der Waals surface area (Å²) in [6.07, 6.45) is 0.526. The number of hydrogen-bond acceptors (Lipinski definition) is 2. The summed E-state index contributed by atoms with van der Waals surface area (Å²) in [5.41, 5.74) is 1.21. The molecule has 0 spiro atoms. The minimum atomic E-state index is -0.952.